The zero-order valence-electron chi connectivity index (χ0n) is 17.3. The van der Waals surface area contributed by atoms with Gasteiger partial charge < -0.3 is 14.4 Å². The first kappa shape index (κ1) is 21.7. The van der Waals surface area contributed by atoms with Gasteiger partial charge in [0.15, 0.2) is 0 Å². The van der Waals surface area contributed by atoms with Crippen LogP contribution in [0.1, 0.15) is 37.0 Å². The third-order valence-corrected chi connectivity index (χ3v) is 7.21. The molecule has 0 N–H and O–H groups in total. The summed E-state index contributed by atoms with van der Waals surface area (Å²) >= 11 is 8.05. The van der Waals surface area contributed by atoms with E-state index < -0.39 is 0 Å². The number of rotatable bonds is 6. The van der Waals surface area contributed by atoms with Crippen LogP contribution in [0.3, 0.4) is 0 Å². The zero-order valence-corrected chi connectivity index (χ0v) is 18.9. The molecule has 4 rings (SSSR count). The maximum absolute atomic E-state index is 12.1. The van der Waals surface area contributed by atoms with Gasteiger partial charge in [-0.1, -0.05) is 41.6 Å². The number of nitrogens with zero attached hydrogens (tertiary/aromatic N) is 1. The average Bonchev–Trinajstić information content (AvgIpc) is 2.90. The Morgan fingerprint density at radius 2 is 2.10 bits per heavy atom. The molecule has 30 heavy (non-hydrogen) atoms. The predicted octanol–water partition coefficient (Wildman–Crippen LogP) is 5.38. The summed E-state index contributed by atoms with van der Waals surface area (Å²) in [5.41, 5.74) is 2.46. The van der Waals surface area contributed by atoms with Crippen LogP contribution in [0, 0.1) is 5.92 Å². The fourth-order valence-electron chi connectivity index (χ4n) is 4.26. The molecule has 0 bridgehead atoms. The molecule has 0 radical (unpaired) electrons. The van der Waals surface area contributed by atoms with E-state index in [0.717, 1.165) is 43.9 Å². The van der Waals surface area contributed by atoms with E-state index in [4.69, 9.17) is 21.1 Å². The van der Waals surface area contributed by atoms with Gasteiger partial charge in [0.2, 0.25) is 0 Å². The number of hydrogen-bond donors (Lipinski definition) is 0. The Hall–Kier alpha value is -1.53. The van der Waals surface area contributed by atoms with Gasteiger partial charge in [0, 0.05) is 34.3 Å². The third-order valence-electron chi connectivity index (χ3n) is 5.77. The van der Waals surface area contributed by atoms with E-state index in [-0.39, 0.29) is 18.0 Å². The van der Waals surface area contributed by atoms with Crippen molar-refractivity contribution in [2.24, 2.45) is 5.92 Å². The summed E-state index contributed by atoms with van der Waals surface area (Å²) in [7, 11) is 0. The molecule has 0 amide bonds. The molecule has 4 nitrogen and oxygen atoms in total. The van der Waals surface area contributed by atoms with Crippen LogP contribution < -0.4 is 0 Å². The van der Waals surface area contributed by atoms with Crippen molar-refractivity contribution in [3.63, 3.8) is 0 Å². The number of halogens is 1. The van der Waals surface area contributed by atoms with Crippen molar-refractivity contribution in [3.05, 3.63) is 58.6 Å². The molecule has 0 spiro atoms. The summed E-state index contributed by atoms with van der Waals surface area (Å²) in [6.45, 7) is 5.54. The van der Waals surface area contributed by atoms with Crippen molar-refractivity contribution in [2.75, 3.05) is 32.8 Å². The van der Waals surface area contributed by atoms with Crippen LogP contribution in [0.15, 0.2) is 52.3 Å². The van der Waals surface area contributed by atoms with Gasteiger partial charge in [-0.05, 0) is 61.7 Å². The summed E-state index contributed by atoms with van der Waals surface area (Å²) in [4.78, 5) is 16.9. The molecule has 160 valence electrons. The van der Waals surface area contributed by atoms with Crippen LogP contribution in [0.4, 0.5) is 0 Å². The number of carbonyl (C=O) groups excluding carboxylic acids is 1. The molecule has 0 saturated carbocycles. The average molecular weight is 446 g/mol. The summed E-state index contributed by atoms with van der Waals surface area (Å²) in [6, 6.07) is 14.6. The molecule has 6 heteroatoms. The van der Waals surface area contributed by atoms with Crippen LogP contribution in [0.25, 0.3) is 0 Å². The van der Waals surface area contributed by atoms with Crippen LogP contribution in [-0.4, -0.2) is 43.7 Å². The lowest BCUT2D eigenvalue weighted by atomic mass is 9.98. The fourth-order valence-corrected chi connectivity index (χ4v) is 5.56. The van der Waals surface area contributed by atoms with Gasteiger partial charge in [-0.3, -0.25) is 4.79 Å². The molecular formula is C24H28ClNO3S. The first-order chi connectivity index (χ1) is 14.6. The van der Waals surface area contributed by atoms with Crippen molar-refractivity contribution in [3.8, 4) is 0 Å². The van der Waals surface area contributed by atoms with E-state index >= 15 is 0 Å². The summed E-state index contributed by atoms with van der Waals surface area (Å²) < 4.78 is 11.6. The van der Waals surface area contributed by atoms with E-state index in [1.807, 2.05) is 13.0 Å². The number of carbonyl (C=O) groups is 1. The van der Waals surface area contributed by atoms with E-state index in [0.29, 0.717) is 13.2 Å². The van der Waals surface area contributed by atoms with Gasteiger partial charge in [0.05, 0.1) is 25.2 Å². The molecule has 2 aromatic rings. The highest BCUT2D eigenvalue weighted by Crippen LogP contribution is 2.42. The lowest BCUT2D eigenvalue weighted by Gasteiger charge is -2.31. The standard InChI is InChI=1S/C24H28ClNO3S/c1-2-28-24(27)17-6-5-11-26(16-17)12-13-29-21-15-18-14-19(25)9-10-22(18)30-23-8-4-3-7-20(21)23/h3-4,7-10,14,17,21H,2,5-6,11-13,15-16H2,1H3. The summed E-state index contributed by atoms with van der Waals surface area (Å²) in [5.74, 6) is -0.0750. The Morgan fingerprint density at radius 1 is 1.23 bits per heavy atom. The van der Waals surface area contributed by atoms with E-state index in [1.165, 1.54) is 20.9 Å². The van der Waals surface area contributed by atoms with Gasteiger partial charge in [0.1, 0.15) is 0 Å². The van der Waals surface area contributed by atoms with Crippen LogP contribution in [0.2, 0.25) is 5.02 Å². The number of piperidine rings is 1. The first-order valence-corrected chi connectivity index (χ1v) is 11.9. The lowest BCUT2D eigenvalue weighted by Crippen LogP contribution is -2.41. The van der Waals surface area contributed by atoms with Gasteiger partial charge in [0.25, 0.3) is 0 Å². The number of ether oxygens (including phenoxy) is 2. The number of fused-ring (bicyclic) bond motifs is 2. The van der Waals surface area contributed by atoms with Gasteiger partial charge >= 0.3 is 5.97 Å². The Balaban J connectivity index is 1.40. The largest absolute Gasteiger partial charge is 0.466 e. The Bertz CT molecular complexity index is 891. The SMILES string of the molecule is CCOC(=O)C1CCCN(CCOC2Cc3cc(Cl)ccc3Sc3ccccc32)C1. The van der Waals surface area contributed by atoms with Gasteiger partial charge in [-0.15, -0.1) is 0 Å². The normalized spacial score (nSPS) is 21.4. The highest BCUT2D eigenvalue weighted by atomic mass is 35.5. The minimum Gasteiger partial charge on any atom is -0.466 e. The number of likely N-dealkylation sites (tertiary alicyclic amines) is 1. The van der Waals surface area contributed by atoms with Gasteiger partial charge in [-0.25, -0.2) is 0 Å². The quantitative estimate of drug-likeness (QED) is 0.558. The first-order valence-electron chi connectivity index (χ1n) is 10.7. The molecule has 2 aromatic carbocycles. The van der Waals surface area contributed by atoms with E-state index in [1.54, 1.807) is 11.8 Å². The minimum absolute atomic E-state index is 0.000870. The van der Waals surface area contributed by atoms with Crippen molar-refractivity contribution in [1.82, 2.24) is 4.90 Å². The molecule has 0 aliphatic carbocycles. The molecule has 1 fully saturated rings. The van der Waals surface area contributed by atoms with Gasteiger partial charge in [-0.2, -0.15) is 0 Å². The van der Waals surface area contributed by atoms with Crippen molar-refractivity contribution in [2.45, 2.75) is 42.1 Å². The van der Waals surface area contributed by atoms with Crippen molar-refractivity contribution < 1.29 is 14.3 Å². The Kier molecular flexibility index (Phi) is 7.37. The lowest BCUT2D eigenvalue weighted by molar-refractivity contribution is -0.150. The zero-order chi connectivity index (χ0) is 20.9. The highest BCUT2D eigenvalue weighted by Gasteiger charge is 2.27. The van der Waals surface area contributed by atoms with Crippen molar-refractivity contribution >= 4 is 29.3 Å². The maximum Gasteiger partial charge on any atom is 0.310 e. The Labute approximate surface area is 187 Å². The number of benzene rings is 2. The summed E-state index contributed by atoms with van der Waals surface area (Å²) in [5, 5.41) is 0.761. The molecule has 0 aromatic heterocycles. The fraction of sp³-hybridized carbons (Fsp3) is 0.458. The topological polar surface area (TPSA) is 38.8 Å². The molecule has 2 heterocycles. The molecule has 2 aliphatic rings. The molecule has 2 aliphatic heterocycles. The second kappa shape index (κ2) is 10.2. The molecule has 1 saturated heterocycles. The van der Waals surface area contributed by atoms with Crippen LogP contribution >= 0.6 is 23.4 Å². The third kappa shape index (κ3) is 5.20. The smallest absolute Gasteiger partial charge is 0.310 e. The van der Waals surface area contributed by atoms with Crippen LogP contribution in [0.5, 0.6) is 0 Å². The predicted molar refractivity (Wildman–Crippen MR) is 120 cm³/mol. The maximum atomic E-state index is 12.1. The van der Waals surface area contributed by atoms with Crippen molar-refractivity contribution in [1.29, 1.82) is 0 Å². The molecular weight excluding hydrogens is 418 g/mol. The molecule has 2 atom stereocenters. The number of hydrogen-bond acceptors (Lipinski definition) is 5. The van der Waals surface area contributed by atoms with E-state index in [9.17, 15) is 4.79 Å². The second-order valence-corrected chi connectivity index (χ2v) is 9.37. The molecule has 2 unspecified atom stereocenters. The summed E-state index contributed by atoms with van der Waals surface area (Å²) in [6.07, 6.45) is 2.75. The Morgan fingerprint density at radius 3 is 2.97 bits per heavy atom. The monoisotopic (exact) mass is 445 g/mol. The second-order valence-electron chi connectivity index (χ2n) is 7.85. The minimum atomic E-state index is -0.0636. The number of esters is 1. The van der Waals surface area contributed by atoms with Crippen LogP contribution in [-0.2, 0) is 20.7 Å². The highest BCUT2D eigenvalue weighted by molar-refractivity contribution is 7.99. The van der Waals surface area contributed by atoms with E-state index in [2.05, 4.69) is 41.3 Å².